The van der Waals surface area contributed by atoms with Crippen molar-refractivity contribution in [1.29, 1.82) is 0 Å². The third-order valence-electron chi connectivity index (χ3n) is 4.72. The first-order valence-electron chi connectivity index (χ1n) is 9.35. The molecule has 2 aliphatic rings. The monoisotopic (exact) mass is 534 g/mol. The number of phosphoric ester groups is 2. The van der Waals surface area contributed by atoms with Crippen LogP contribution < -0.4 is 21.0 Å². The fourth-order valence-electron chi connectivity index (χ4n) is 3.15. The molecule has 0 bridgehead atoms. The van der Waals surface area contributed by atoms with Crippen LogP contribution in [0.15, 0.2) is 21.9 Å². The van der Waals surface area contributed by atoms with E-state index in [0.717, 1.165) is 19.2 Å². The Morgan fingerprint density at radius 3 is 2.03 bits per heavy atom. The van der Waals surface area contributed by atoms with Gasteiger partial charge < -0.3 is 44.8 Å². The van der Waals surface area contributed by atoms with Crippen LogP contribution in [0.4, 0.5) is 0 Å². The maximum atomic E-state index is 12.1. The predicted molar refractivity (Wildman–Crippen MR) is 98.1 cm³/mol. The summed E-state index contributed by atoms with van der Waals surface area (Å²) < 4.78 is 46.8. The van der Waals surface area contributed by atoms with Crippen molar-refractivity contribution in [2.45, 2.75) is 62.4 Å². The van der Waals surface area contributed by atoms with Gasteiger partial charge in [0.1, 0.15) is 30.5 Å². The van der Waals surface area contributed by atoms with Crippen LogP contribution >= 0.6 is 15.6 Å². The van der Waals surface area contributed by atoms with Gasteiger partial charge in [0, 0.05) is 12.3 Å². The molecule has 0 radical (unpaired) electrons. The first-order valence-corrected chi connectivity index (χ1v) is 12.3. The molecule has 194 valence electrons. The number of nitrogens with zero attached hydrogens (tertiary/aromatic N) is 1. The molecule has 0 aromatic carbocycles. The summed E-state index contributed by atoms with van der Waals surface area (Å²) >= 11 is 0. The predicted octanol–water partition coefficient (Wildman–Crippen LogP) is -5.07. The van der Waals surface area contributed by atoms with Gasteiger partial charge in [0.2, 0.25) is 0 Å². The zero-order valence-electron chi connectivity index (χ0n) is 16.9. The molecular weight excluding hydrogens is 514 g/mol. The quantitative estimate of drug-likeness (QED) is 0.170. The molecule has 0 saturated carbocycles. The molecule has 2 unspecified atom stereocenters. The normalized spacial score (nSPS) is 38.4. The van der Waals surface area contributed by atoms with E-state index in [9.17, 15) is 54.0 Å². The number of hydrogen-bond acceptors (Lipinski definition) is 16. The van der Waals surface area contributed by atoms with E-state index in [4.69, 9.17) is 9.47 Å². The summed E-state index contributed by atoms with van der Waals surface area (Å²) in [7, 11) is -11.8. The fourth-order valence-corrected chi connectivity index (χ4v) is 5.29. The average molecular weight is 534 g/mol. The number of aromatic amines is 1. The van der Waals surface area contributed by atoms with Crippen molar-refractivity contribution in [2.24, 2.45) is 0 Å². The standard InChI is InChI=1S/C14H22N2O16P2/c1-4(17)10-6(19)8(21)12(28-10)30-33(24,25)32-34(26,27)31-13-9(22)7(20)11(29-13)16-3-2-5(18)15-14(16)23/h2-4,6-13,17,19-22H,1H3,(H,24,25)(H,26,27)(H,15,18,23)/p-2/t4-,6-,7-,8-,9+,10+,11-,12-,13-/m1/s1. The van der Waals surface area contributed by atoms with Gasteiger partial charge in [-0.05, 0) is 6.92 Å². The largest absolute Gasteiger partial charge is 0.756 e. The van der Waals surface area contributed by atoms with Crippen molar-refractivity contribution in [2.75, 3.05) is 0 Å². The molecule has 3 rings (SSSR count). The highest BCUT2D eigenvalue weighted by Gasteiger charge is 2.49. The number of aliphatic hydroxyl groups is 5. The summed E-state index contributed by atoms with van der Waals surface area (Å²) in [5, 5.41) is 49.0. The lowest BCUT2D eigenvalue weighted by Gasteiger charge is -2.33. The summed E-state index contributed by atoms with van der Waals surface area (Å²) in [6.45, 7) is 1.16. The van der Waals surface area contributed by atoms with Gasteiger partial charge in [-0.2, -0.15) is 0 Å². The SMILES string of the molecule is C[C@@H](O)[C@@H]1O[C@H](OP(=O)([O-])OP(=O)([O-])O[C@H]2O[C@@H](n3ccc(=O)[nH]c3=O)[C@H](O)[C@@H]2O)[C@H](O)[C@H]1O. The Hall–Kier alpha value is -1.34. The Morgan fingerprint density at radius 1 is 1.00 bits per heavy atom. The number of phosphoric acid groups is 2. The minimum absolute atomic E-state index is 0.597. The second-order valence-electron chi connectivity index (χ2n) is 7.27. The second kappa shape index (κ2) is 9.96. The molecule has 34 heavy (non-hydrogen) atoms. The average Bonchev–Trinajstić information content (AvgIpc) is 3.12. The summed E-state index contributed by atoms with van der Waals surface area (Å²) in [5.74, 6) is 0. The maximum Gasteiger partial charge on any atom is 0.330 e. The van der Waals surface area contributed by atoms with Gasteiger partial charge in [-0.1, -0.05) is 0 Å². The number of aliphatic hydroxyl groups excluding tert-OH is 5. The van der Waals surface area contributed by atoms with Crippen LogP contribution in [0.25, 0.3) is 0 Å². The summed E-state index contributed by atoms with van der Waals surface area (Å²) in [5.41, 5.74) is -1.88. The van der Waals surface area contributed by atoms with Gasteiger partial charge >= 0.3 is 5.69 Å². The lowest BCUT2D eigenvalue weighted by atomic mass is 10.1. The van der Waals surface area contributed by atoms with E-state index in [2.05, 4.69) is 13.4 Å². The van der Waals surface area contributed by atoms with Gasteiger partial charge in [-0.25, -0.2) is 9.11 Å². The number of nitrogens with one attached hydrogen (secondary N) is 1. The van der Waals surface area contributed by atoms with Crippen LogP contribution in [-0.4, -0.2) is 84.3 Å². The number of ether oxygens (including phenoxy) is 2. The first-order chi connectivity index (χ1) is 15.6. The summed E-state index contributed by atoms with van der Waals surface area (Å²) in [6, 6.07) is 0.864. The van der Waals surface area contributed by atoms with E-state index >= 15 is 0 Å². The van der Waals surface area contributed by atoms with Crippen molar-refractivity contribution >= 4 is 15.6 Å². The van der Waals surface area contributed by atoms with E-state index in [1.165, 1.54) is 0 Å². The van der Waals surface area contributed by atoms with Gasteiger partial charge in [0.25, 0.3) is 21.2 Å². The molecule has 3 heterocycles. The number of hydrogen-bond donors (Lipinski definition) is 6. The van der Waals surface area contributed by atoms with Crippen LogP contribution in [0.2, 0.25) is 0 Å². The zero-order chi connectivity index (χ0) is 25.6. The minimum Gasteiger partial charge on any atom is -0.756 e. The molecule has 1 aromatic heterocycles. The van der Waals surface area contributed by atoms with Crippen LogP contribution in [-0.2, 0) is 32.0 Å². The Morgan fingerprint density at radius 2 is 1.53 bits per heavy atom. The molecule has 2 aliphatic heterocycles. The highest BCUT2D eigenvalue weighted by Crippen LogP contribution is 2.58. The van der Waals surface area contributed by atoms with Crippen molar-refractivity contribution in [3.8, 4) is 0 Å². The van der Waals surface area contributed by atoms with E-state index < -0.39 is 82.3 Å². The Balaban J connectivity index is 1.67. The Bertz CT molecular complexity index is 1090. The van der Waals surface area contributed by atoms with Crippen molar-refractivity contribution in [3.63, 3.8) is 0 Å². The van der Waals surface area contributed by atoms with E-state index in [0.29, 0.717) is 4.57 Å². The molecule has 2 fully saturated rings. The van der Waals surface area contributed by atoms with Crippen LogP contribution in [0, 0.1) is 0 Å². The lowest BCUT2D eigenvalue weighted by Crippen LogP contribution is -2.37. The maximum absolute atomic E-state index is 12.1. The molecule has 0 spiro atoms. The highest BCUT2D eigenvalue weighted by atomic mass is 31.3. The second-order valence-corrected chi connectivity index (χ2v) is 10.1. The van der Waals surface area contributed by atoms with Gasteiger partial charge in [-0.15, -0.1) is 0 Å². The summed E-state index contributed by atoms with van der Waals surface area (Å²) in [4.78, 5) is 48.8. The summed E-state index contributed by atoms with van der Waals surface area (Å²) in [6.07, 6.45) is -16.0. The number of aromatic nitrogens is 2. The molecule has 20 heteroatoms. The van der Waals surface area contributed by atoms with E-state index in [1.807, 2.05) is 4.98 Å². The van der Waals surface area contributed by atoms with Crippen molar-refractivity contribution in [3.05, 3.63) is 33.1 Å². The van der Waals surface area contributed by atoms with Crippen molar-refractivity contribution < 1.29 is 67.3 Å². The fraction of sp³-hybridized carbons (Fsp3) is 0.714. The third kappa shape index (κ3) is 5.89. The first kappa shape index (κ1) is 27.3. The molecular formula is C14H20N2O16P2-2. The van der Waals surface area contributed by atoms with E-state index in [1.54, 1.807) is 0 Å². The third-order valence-corrected chi connectivity index (χ3v) is 7.25. The number of rotatable bonds is 8. The van der Waals surface area contributed by atoms with Crippen molar-refractivity contribution in [1.82, 2.24) is 9.55 Å². The zero-order valence-corrected chi connectivity index (χ0v) is 18.7. The molecule has 0 aliphatic carbocycles. The number of H-pyrrole nitrogens is 1. The smallest absolute Gasteiger partial charge is 0.330 e. The van der Waals surface area contributed by atoms with Crippen LogP contribution in [0.5, 0.6) is 0 Å². The molecule has 2 saturated heterocycles. The van der Waals surface area contributed by atoms with Gasteiger partial charge in [-0.3, -0.25) is 32.5 Å². The Kier molecular flexibility index (Phi) is 7.98. The molecule has 6 N–H and O–H groups in total. The topological polar surface area (TPSA) is 282 Å². The van der Waals surface area contributed by atoms with Gasteiger partial charge in [0.05, 0.1) is 6.10 Å². The Labute approximate surface area is 188 Å². The van der Waals surface area contributed by atoms with Gasteiger partial charge in [0.15, 0.2) is 18.8 Å². The highest BCUT2D eigenvalue weighted by molar-refractivity contribution is 7.59. The minimum atomic E-state index is -5.93. The molecule has 18 nitrogen and oxygen atoms in total. The molecule has 1 aromatic rings. The van der Waals surface area contributed by atoms with Crippen LogP contribution in [0.3, 0.4) is 0 Å². The van der Waals surface area contributed by atoms with Crippen LogP contribution in [0.1, 0.15) is 13.2 Å². The molecule has 0 amide bonds. The molecule has 11 atom stereocenters. The van der Waals surface area contributed by atoms with E-state index in [-0.39, 0.29) is 0 Å². The lowest BCUT2D eigenvalue weighted by molar-refractivity contribution is -0.268.